The third-order valence-corrected chi connectivity index (χ3v) is 6.24. The lowest BCUT2D eigenvalue weighted by molar-refractivity contribution is 0.318. The molecule has 2 aromatic carbocycles. The second-order valence-electron chi connectivity index (χ2n) is 5.79. The first-order valence-electron chi connectivity index (χ1n) is 7.94. The minimum absolute atomic E-state index is 0.277. The molecule has 0 aliphatic carbocycles. The van der Waals surface area contributed by atoms with Crippen LogP contribution in [0.1, 0.15) is 11.3 Å². The fourth-order valence-electron chi connectivity index (χ4n) is 2.89. The van der Waals surface area contributed by atoms with E-state index in [1.807, 2.05) is 34.9 Å². The van der Waals surface area contributed by atoms with Gasteiger partial charge in [0, 0.05) is 33.9 Å². The number of benzene rings is 2. The maximum Gasteiger partial charge on any atom is 0.194 e. The van der Waals surface area contributed by atoms with Crippen LogP contribution in [-0.2, 0) is 6.42 Å². The standard InChI is InChI=1S/C19H12Cl3N3OS/c20-12-6-4-11(5-7-12)18-17(25-9-8-23-19(25)27-18)16(24-26)10-13-14(21)2-1-3-15(13)22/h1-9,26H,10H2/b24-16-. The summed E-state index contributed by atoms with van der Waals surface area (Å²) < 4.78 is 1.90. The van der Waals surface area contributed by atoms with Crippen LogP contribution in [0, 0.1) is 0 Å². The number of hydrogen-bond donors (Lipinski definition) is 1. The van der Waals surface area contributed by atoms with Crippen molar-refractivity contribution >= 4 is 56.8 Å². The monoisotopic (exact) mass is 435 g/mol. The minimum atomic E-state index is 0.277. The van der Waals surface area contributed by atoms with Crippen molar-refractivity contribution in [2.75, 3.05) is 0 Å². The van der Waals surface area contributed by atoms with Crippen molar-refractivity contribution in [2.24, 2.45) is 5.16 Å². The number of thiazole rings is 1. The SMILES string of the molecule is O/N=C(/Cc1c(Cl)cccc1Cl)c1c(-c2ccc(Cl)cc2)sc2nccn12. The molecular weight excluding hydrogens is 425 g/mol. The van der Waals surface area contributed by atoms with Gasteiger partial charge in [-0.25, -0.2) is 4.98 Å². The predicted octanol–water partition coefficient (Wildman–Crippen LogP) is 6.44. The highest BCUT2D eigenvalue weighted by Crippen LogP contribution is 2.35. The molecule has 0 aliphatic heterocycles. The Morgan fingerprint density at radius 2 is 1.78 bits per heavy atom. The number of halogens is 3. The van der Waals surface area contributed by atoms with Gasteiger partial charge in [0.1, 0.15) is 5.71 Å². The van der Waals surface area contributed by atoms with Gasteiger partial charge in [0.25, 0.3) is 0 Å². The molecule has 0 spiro atoms. The largest absolute Gasteiger partial charge is 0.411 e. The van der Waals surface area contributed by atoms with Crippen LogP contribution in [-0.4, -0.2) is 20.3 Å². The van der Waals surface area contributed by atoms with Crippen LogP contribution >= 0.6 is 46.1 Å². The van der Waals surface area contributed by atoms with E-state index in [9.17, 15) is 5.21 Å². The highest BCUT2D eigenvalue weighted by atomic mass is 35.5. The third kappa shape index (κ3) is 3.44. The normalized spacial score (nSPS) is 12.0. The molecule has 0 fully saturated rings. The van der Waals surface area contributed by atoms with Crippen molar-refractivity contribution in [3.8, 4) is 10.4 Å². The first-order chi connectivity index (χ1) is 13.1. The predicted molar refractivity (Wildman–Crippen MR) is 112 cm³/mol. The molecular formula is C19H12Cl3N3OS. The molecule has 27 heavy (non-hydrogen) atoms. The zero-order valence-electron chi connectivity index (χ0n) is 13.7. The van der Waals surface area contributed by atoms with Crippen molar-refractivity contribution in [3.63, 3.8) is 0 Å². The van der Waals surface area contributed by atoms with E-state index < -0.39 is 0 Å². The molecule has 0 saturated heterocycles. The van der Waals surface area contributed by atoms with E-state index in [-0.39, 0.29) is 6.42 Å². The van der Waals surface area contributed by atoms with Gasteiger partial charge in [-0.05, 0) is 35.4 Å². The summed E-state index contributed by atoms with van der Waals surface area (Å²) in [7, 11) is 0. The van der Waals surface area contributed by atoms with E-state index in [1.54, 1.807) is 24.4 Å². The molecule has 2 aromatic heterocycles. The Hall–Kier alpha value is -2.05. The molecule has 0 atom stereocenters. The van der Waals surface area contributed by atoms with Gasteiger partial charge in [-0.2, -0.15) is 0 Å². The maximum absolute atomic E-state index is 9.80. The van der Waals surface area contributed by atoms with E-state index >= 15 is 0 Å². The Morgan fingerprint density at radius 1 is 1.07 bits per heavy atom. The average Bonchev–Trinajstić information content (AvgIpc) is 3.24. The Balaban J connectivity index is 1.87. The van der Waals surface area contributed by atoms with E-state index in [4.69, 9.17) is 34.8 Å². The van der Waals surface area contributed by atoms with Crippen LogP contribution in [0.2, 0.25) is 15.1 Å². The van der Waals surface area contributed by atoms with Crippen LogP contribution in [0.4, 0.5) is 0 Å². The van der Waals surface area contributed by atoms with Gasteiger partial charge < -0.3 is 5.21 Å². The molecule has 0 bridgehead atoms. The van der Waals surface area contributed by atoms with Gasteiger partial charge in [0.15, 0.2) is 4.96 Å². The number of rotatable bonds is 4. The number of fused-ring (bicyclic) bond motifs is 1. The highest BCUT2D eigenvalue weighted by molar-refractivity contribution is 7.20. The molecule has 1 N–H and O–H groups in total. The maximum atomic E-state index is 9.80. The first-order valence-corrected chi connectivity index (χ1v) is 9.89. The molecule has 0 aliphatic rings. The number of hydrogen-bond acceptors (Lipinski definition) is 4. The molecule has 4 aromatic rings. The van der Waals surface area contributed by atoms with Gasteiger partial charge >= 0.3 is 0 Å². The van der Waals surface area contributed by atoms with Crippen LogP contribution in [0.3, 0.4) is 0 Å². The molecule has 0 radical (unpaired) electrons. The second-order valence-corrected chi connectivity index (χ2v) is 8.02. The van der Waals surface area contributed by atoms with E-state index in [1.165, 1.54) is 11.3 Å². The van der Waals surface area contributed by atoms with Crippen molar-refractivity contribution < 1.29 is 5.21 Å². The number of nitrogens with zero attached hydrogens (tertiary/aromatic N) is 3. The van der Waals surface area contributed by atoms with Crippen LogP contribution in [0.5, 0.6) is 0 Å². The molecule has 4 rings (SSSR count). The van der Waals surface area contributed by atoms with Crippen LogP contribution in [0.25, 0.3) is 15.4 Å². The Kier molecular flexibility index (Phi) is 5.10. The summed E-state index contributed by atoms with van der Waals surface area (Å²) in [6.45, 7) is 0. The van der Waals surface area contributed by atoms with Crippen molar-refractivity contribution in [1.82, 2.24) is 9.38 Å². The number of imidazole rings is 1. The zero-order chi connectivity index (χ0) is 19.0. The molecule has 4 nitrogen and oxygen atoms in total. The van der Waals surface area contributed by atoms with Gasteiger partial charge in [-0.3, -0.25) is 4.40 Å². The van der Waals surface area contributed by atoms with Gasteiger partial charge in [-0.15, -0.1) is 0 Å². The zero-order valence-corrected chi connectivity index (χ0v) is 16.8. The molecule has 0 unspecified atom stereocenters. The van der Waals surface area contributed by atoms with Crippen LogP contribution < -0.4 is 0 Å². The van der Waals surface area contributed by atoms with Gasteiger partial charge in [0.2, 0.25) is 0 Å². The van der Waals surface area contributed by atoms with Gasteiger partial charge in [0.05, 0.1) is 10.6 Å². The quantitative estimate of drug-likeness (QED) is 0.227. The van der Waals surface area contributed by atoms with Gasteiger partial charge in [-0.1, -0.05) is 69.5 Å². The smallest absolute Gasteiger partial charge is 0.194 e. The summed E-state index contributed by atoms with van der Waals surface area (Å²) in [6, 6.07) is 12.8. The summed E-state index contributed by atoms with van der Waals surface area (Å²) in [4.78, 5) is 6.08. The average molecular weight is 437 g/mol. The summed E-state index contributed by atoms with van der Waals surface area (Å²) in [5.41, 5.74) is 2.85. The highest BCUT2D eigenvalue weighted by Gasteiger charge is 2.22. The van der Waals surface area contributed by atoms with Crippen molar-refractivity contribution in [3.05, 3.63) is 81.2 Å². The van der Waals surface area contributed by atoms with E-state index in [0.29, 0.717) is 26.3 Å². The topological polar surface area (TPSA) is 49.9 Å². The summed E-state index contributed by atoms with van der Waals surface area (Å²) in [5, 5.41) is 15.1. The van der Waals surface area contributed by atoms with E-state index in [0.717, 1.165) is 21.1 Å². The lowest BCUT2D eigenvalue weighted by atomic mass is 10.0. The molecule has 0 saturated carbocycles. The second kappa shape index (κ2) is 7.52. The first kappa shape index (κ1) is 18.3. The number of oxime groups is 1. The minimum Gasteiger partial charge on any atom is -0.411 e. The lowest BCUT2D eigenvalue weighted by Gasteiger charge is -2.10. The Bertz CT molecular complexity index is 1130. The fourth-order valence-corrected chi connectivity index (χ4v) is 4.66. The Morgan fingerprint density at radius 3 is 2.44 bits per heavy atom. The van der Waals surface area contributed by atoms with Crippen molar-refractivity contribution in [2.45, 2.75) is 6.42 Å². The molecule has 2 heterocycles. The molecule has 0 amide bonds. The Labute approximate surface area is 174 Å². The molecule has 8 heteroatoms. The van der Waals surface area contributed by atoms with E-state index in [2.05, 4.69) is 10.1 Å². The van der Waals surface area contributed by atoms with Crippen LogP contribution in [0.15, 0.2) is 60.0 Å². The summed E-state index contributed by atoms with van der Waals surface area (Å²) in [5.74, 6) is 0. The van der Waals surface area contributed by atoms with Crippen molar-refractivity contribution in [1.29, 1.82) is 0 Å². The summed E-state index contributed by atoms with van der Waals surface area (Å²) >= 11 is 20.1. The number of aromatic nitrogens is 2. The molecule has 136 valence electrons. The summed E-state index contributed by atoms with van der Waals surface area (Å²) in [6.07, 6.45) is 3.82. The third-order valence-electron chi connectivity index (χ3n) is 4.16. The fraction of sp³-hybridized carbons (Fsp3) is 0.0526. The lowest BCUT2D eigenvalue weighted by Crippen LogP contribution is -2.10.